The van der Waals surface area contributed by atoms with Crippen molar-refractivity contribution in [1.82, 2.24) is 10.2 Å². The number of hydrogen-bond donors (Lipinski definition) is 1. The summed E-state index contributed by atoms with van der Waals surface area (Å²) in [5.41, 5.74) is 2.81. The third kappa shape index (κ3) is 5.61. The Morgan fingerprint density at radius 1 is 1.15 bits per heavy atom. The molecule has 26 heavy (non-hydrogen) atoms. The standard InChI is InChI=1S/C21H25N3O2/c1-24(2)20(18-9-11-19(26-3)12-10-18)15-23-21(25)13-8-16-4-6-17(14-22)7-5-16/h4-7,9-12,20H,8,13,15H2,1-3H3,(H,23,25). The number of nitrogens with one attached hydrogen (secondary N) is 1. The van der Waals surface area contributed by atoms with Crippen LogP contribution in [0.5, 0.6) is 5.75 Å². The second-order valence-electron chi connectivity index (χ2n) is 6.37. The molecular formula is C21H25N3O2. The van der Waals surface area contributed by atoms with Gasteiger partial charge in [0.25, 0.3) is 0 Å². The van der Waals surface area contributed by atoms with Crippen molar-refractivity contribution in [2.75, 3.05) is 27.7 Å². The van der Waals surface area contributed by atoms with Gasteiger partial charge >= 0.3 is 0 Å². The number of amides is 1. The molecular weight excluding hydrogens is 326 g/mol. The van der Waals surface area contributed by atoms with Gasteiger partial charge in [0.15, 0.2) is 0 Å². The zero-order valence-corrected chi connectivity index (χ0v) is 15.5. The van der Waals surface area contributed by atoms with Crippen molar-refractivity contribution in [2.45, 2.75) is 18.9 Å². The van der Waals surface area contributed by atoms with E-state index in [1.807, 2.05) is 50.5 Å². The van der Waals surface area contributed by atoms with E-state index in [0.29, 0.717) is 24.9 Å². The Bertz CT molecular complexity index is 746. The number of rotatable bonds is 8. The molecule has 136 valence electrons. The highest BCUT2D eigenvalue weighted by Crippen LogP contribution is 2.20. The number of likely N-dealkylation sites (N-methyl/N-ethyl adjacent to an activating group) is 1. The van der Waals surface area contributed by atoms with Gasteiger partial charge in [0.05, 0.1) is 24.8 Å². The van der Waals surface area contributed by atoms with Crippen molar-refractivity contribution in [3.8, 4) is 11.8 Å². The monoisotopic (exact) mass is 351 g/mol. The molecule has 0 aliphatic rings. The number of hydrogen-bond acceptors (Lipinski definition) is 4. The second-order valence-corrected chi connectivity index (χ2v) is 6.37. The average Bonchev–Trinajstić information content (AvgIpc) is 2.67. The summed E-state index contributed by atoms with van der Waals surface area (Å²) in [6.07, 6.45) is 1.08. The number of methoxy groups -OCH3 is 1. The molecule has 2 aromatic carbocycles. The van der Waals surface area contributed by atoms with Crippen LogP contribution < -0.4 is 10.1 Å². The topological polar surface area (TPSA) is 65.4 Å². The molecule has 0 fully saturated rings. The molecule has 0 spiro atoms. The molecule has 0 aromatic heterocycles. The van der Waals surface area contributed by atoms with Crippen LogP contribution in [0.2, 0.25) is 0 Å². The highest BCUT2D eigenvalue weighted by molar-refractivity contribution is 5.76. The first kappa shape index (κ1) is 19.5. The highest BCUT2D eigenvalue weighted by atomic mass is 16.5. The summed E-state index contributed by atoms with van der Waals surface area (Å²) in [4.78, 5) is 14.3. The van der Waals surface area contributed by atoms with E-state index in [4.69, 9.17) is 10.00 Å². The Morgan fingerprint density at radius 2 is 1.81 bits per heavy atom. The van der Waals surface area contributed by atoms with Gasteiger partial charge in [0.2, 0.25) is 5.91 Å². The first-order valence-corrected chi connectivity index (χ1v) is 8.59. The lowest BCUT2D eigenvalue weighted by Gasteiger charge is -2.25. The Balaban J connectivity index is 1.87. The third-order valence-corrected chi connectivity index (χ3v) is 4.34. The van der Waals surface area contributed by atoms with Gasteiger partial charge < -0.3 is 15.0 Å². The Morgan fingerprint density at radius 3 is 2.35 bits per heavy atom. The van der Waals surface area contributed by atoms with Crippen LogP contribution in [0.3, 0.4) is 0 Å². The molecule has 0 radical (unpaired) electrons. The molecule has 0 aliphatic heterocycles. The van der Waals surface area contributed by atoms with Crippen LogP contribution in [-0.2, 0) is 11.2 Å². The van der Waals surface area contributed by atoms with Gasteiger partial charge in [-0.25, -0.2) is 0 Å². The van der Waals surface area contributed by atoms with Crippen molar-refractivity contribution in [1.29, 1.82) is 5.26 Å². The van der Waals surface area contributed by atoms with E-state index in [9.17, 15) is 4.79 Å². The van der Waals surface area contributed by atoms with E-state index >= 15 is 0 Å². The lowest BCUT2D eigenvalue weighted by atomic mass is 10.1. The van der Waals surface area contributed by atoms with Crippen LogP contribution in [0.25, 0.3) is 0 Å². The zero-order chi connectivity index (χ0) is 18.9. The second kappa shape index (κ2) is 9.59. The minimum absolute atomic E-state index is 0.0229. The van der Waals surface area contributed by atoms with Crippen molar-refractivity contribution >= 4 is 5.91 Å². The third-order valence-electron chi connectivity index (χ3n) is 4.34. The normalized spacial score (nSPS) is 11.7. The van der Waals surface area contributed by atoms with E-state index in [1.54, 1.807) is 19.2 Å². The minimum Gasteiger partial charge on any atom is -0.497 e. The predicted molar refractivity (Wildman–Crippen MR) is 102 cm³/mol. The molecule has 1 N–H and O–H groups in total. The number of aryl methyl sites for hydroxylation is 1. The maximum absolute atomic E-state index is 12.2. The Labute approximate surface area is 155 Å². The van der Waals surface area contributed by atoms with Gasteiger partial charge in [-0.1, -0.05) is 24.3 Å². The summed E-state index contributed by atoms with van der Waals surface area (Å²) in [5, 5.41) is 11.8. The Kier molecular flexibility index (Phi) is 7.19. The number of nitrogens with zero attached hydrogens (tertiary/aromatic N) is 2. The van der Waals surface area contributed by atoms with E-state index in [-0.39, 0.29) is 11.9 Å². The summed E-state index contributed by atoms with van der Waals surface area (Å²) in [6, 6.07) is 17.4. The van der Waals surface area contributed by atoms with E-state index in [0.717, 1.165) is 16.9 Å². The average molecular weight is 351 g/mol. The predicted octanol–water partition coefficient (Wildman–Crippen LogP) is 2.92. The highest BCUT2D eigenvalue weighted by Gasteiger charge is 2.15. The van der Waals surface area contributed by atoms with Gasteiger partial charge in [0.1, 0.15) is 5.75 Å². The first-order valence-electron chi connectivity index (χ1n) is 8.59. The SMILES string of the molecule is COc1ccc(C(CNC(=O)CCc2ccc(C#N)cc2)N(C)C)cc1. The maximum atomic E-state index is 12.2. The summed E-state index contributed by atoms with van der Waals surface area (Å²) >= 11 is 0. The first-order chi connectivity index (χ1) is 12.5. The Hall–Kier alpha value is -2.84. The molecule has 1 atom stereocenters. The van der Waals surface area contributed by atoms with Gasteiger partial charge in [-0.2, -0.15) is 5.26 Å². The van der Waals surface area contributed by atoms with Crippen LogP contribution in [0.4, 0.5) is 0 Å². The van der Waals surface area contributed by atoms with Crippen LogP contribution >= 0.6 is 0 Å². The molecule has 2 rings (SSSR count). The van der Waals surface area contributed by atoms with Crippen molar-refractivity contribution in [3.63, 3.8) is 0 Å². The van der Waals surface area contributed by atoms with E-state index in [2.05, 4.69) is 16.3 Å². The fourth-order valence-corrected chi connectivity index (χ4v) is 2.73. The fourth-order valence-electron chi connectivity index (χ4n) is 2.73. The molecule has 1 amide bonds. The molecule has 0 bridgehead atoms. The number of carbonyl (C=O) groups excluding carboxylic acids is 1. The van der Waals surface area contributed by atoms with Gasteiger partial charge in [-0.15, -0.1) is 0 Å². The number of carbonyl (C=O) groups is 1. The van der Waals surface area contributed by atoms with Gasteiger partial charge in [0, 0.05) is 13.0 Å². The zero-order valence-electron chi connectivity index (χ0n) is 15.5. The largest absolute Gasteiger partial charge is 0.497 e. The molecule has 0 heterocycles. The molecule has 0 saturated carbocycles. The van der Waals surface area contributed by atoms with E-state index < -0.39 is 0 Å². The molecule has 0 saturated heterocycles. The maximum Gasteiger partial charge on any atom is 0.220 e. The summed E-state index contributed by atoms with van der Waals surface area (Å²) in [5.74, 6) is 0.840. The van der Waals surface area contributed by atoms with Gasteiger partial charge in [-0.05, 0) is 55.9 Å². The molecule has 1 unspecified atom stereocenters. The van der Waals surface area contributed by atoms with E-state index in [1.165, 1.54) is 0 Å². The van der Waals surface area contributed by atoms with Crippen LogP contribution in [0.1, 0.15) is 29.2 Å². The van der Waals surface area contributed by atoms with Crippen molar-refractivity contribution in [2.24, 2.45) is 0 Å². The molecule has 2 aromatic rings. The van der Waals surface area contributed by atoms with Crippen LogP contribution in [0.15, 0.2) is 48.5 Å². The van der Waals surface area contributed by atoms with Crippen LogP contribution in [-0.4, -0.2) is 38.6 Å². The lowest BCUT2D eigenvalue weighted by Crippen LogP contribution is -2.34. The summed E-state index contributed by atoms with van der Waals surface area (Å²) in [6.45, 7) is 0.547. The number of ether oxygens (including phenoxy) is 1. The fraction of sp³-hybridized carbons (Fsp3) is 0.333. The molecule has 5 nitrogen and oxygen atoms in total. The summed E-state index contributed by atoms with van der Waals surface area (Å²) in [7, 11) is 5.64. The summed E-state index contributed by atoms with van der Waals surface area (Å²) < 4.78 is 5.19. The van der Waals surface area contributed by atoms with Gasteiger partial charge in [-0.3, -0.25) is 4.79 Å². The molecule has 5 heteroatoms. The number of benzene rings is 2. The van der Waals surface area contributed by atoms with Crippen molar-refractivity contribution < 1.29 is 9.53 Å². The van der Waals surface area contributed by atoms with Crippen molar-refractivity contribution in [3.05, 3.63) is 65.2 Å². The van der Waals surface area contributed by atoms with Crippen LogP contribution in [0, 0.1) is 11.3 Å². The number of nitriles is 1. The molecule has 0 aliphatic carbocycles. The smallest absolute Gasteiger partial charge is 0.220 e. The minimum atomic E-state index is 0.0229. The lowest BCUT2D eigenvalue weighted by molar-refractivity contribution is -0.121. The quantitative estimate of drug-likeness (QED) is 0.794.